The molecule has 36 heavy (non-hydrogen) atoms. The molecule has 1 aliphatic rings. The minimum Gasteiger partial charge on any atom is -0.497 e. The second kappa shape index (κ2) is 10.9. The van der Waals surface area contributed by atoms with Crippen molar-refractivity contribution in [1.29, 1.82) is 0 Å². The summed E-state index contributed by atoms with van der Waals surface area (Å²) in [5.74, 6) is 1.39. The third-order valence-electron chi connectivity index (χ3n) is 6.13. The highest BCUT2D eigenvalue weighted by atomic mass is 16.5. The lowest BCUT2D eigenvalue weighted by molar-refractivity contribution is -0.133. The average molecular weight is 488 g/mol. The number of likely N-dealkylation sites (N-methyl/N-ethyl adjacent to an activating group) is 1. The maximum absolute atomic E-state index is 13.5. The molecule has 1 heterocycles. The minimum absolute atomic E-state index is 0.120. The van der Waals surface area contributed by atoms with Crippen molar-refractivity contribution >= 4 is 17.5 Å². The Morgan fingerprint density at radius 3 is 2.22 bits per heavy atom. The molecule has 0 saturated heterocycles. The first-order valence-electron chi connectivity index (χ1n) is 11.5. The van der Waals surface area contributed by atoms with E-state index in [9.17, 15) is 9.59 Å². The van der Waals surface area contributed by atoms with E-state index < -0.39 is 0 Å². The van der Waals surface area contributed by atoms with Crippen molar-refractivity contribution in [3.8, 4) is 17.2 Å². The molecule has 0 aromatic heterocycles. The molecule has 0 radical (unpaired) electrons. The van der Waals surface area contributed by atoms with Gasteiger partial charge in [0.1, 0.15) is 23.8 Å². The van der Waals surface area contributed by atoms with Crippen molar-refractivity contribution in [3.05, 3.63) is 89.5 Å². The van der Waals surface area contributed by atoms with E-state index in [0.717, 1.165) is 16.8 Å². The number of hydrogen-bond donors (Lipinski definition) is 0. The van der Waals surface area contributed by atoms with Crippen molar-refractivity contribution in [2.24, 2.45) is 5.10 Å². The van der Waals surface area contributed by atoms with Crippen LogP contribution in [-0.2, 0) is 4.79 Å². The second-order valence-electron chi connectivity index (χ2n) is 8.37. The van der Waals surface area contributed by atoms with Crippen molar-refractivity contribution in [1.82, 2.24) is 9.91 Å². The van der Waals surface area contributed by atoms with Gasteiger partial charge in [0.15, 0.2) is 0 Å². The monoisotopic (exact) mass is 487 g/mol. The Bertz CT molecular complexity index is 1260. The van der Waals surface area contributed by atoms with E-state index in [0.29, 0.717) is 29.2 Å². The van der Waals surface area contributed by atoms with E-state index in [4.69, 9.17) is 19.3 Å². The van der Waals surface area contributed by atoms with Gasteiger partial charge in [0.2, 0.25) is 0 Å². The molecule has 186 valence electrons. The van der Waals surface area contributed by atoms with Crippen molar-refractivity contribution in [3.63, 3.8) is 0 Å². The van der Waals surface area contributed by atoms with Gasteiger partial charge in [0.05, 0.1) is 33.1 Å². The third kappa shape index (κ3) is 5.17. The van der Waals surface area contributed by atoms with Gasteiger partial charge in [-0.2, -0.15) is 5.10 Å². The summed E-state index contributed by atoms with van der Waals surface area (Å²) in [4.78, 5) is 27.8. The molecule has 4 rings (SSSR count). The molecule has 3 aromatic carbocycles. The quantitative estimate of drug-likeness (QED) is 0.477. The van der Waals surface area contributed by atoms with Crippen LogP contribution >= 0.6 is 0 Å². The number of methoxy groups -OCH3 is 3. The fourth-order valence-corrected chi connectivity index (χ4v) is 4.18. The molecule has 0 N–H and O–H groups in total. The summed E-state index contributed by atoms with van der Waals surface area (Å²) in [7, 11) is 6.36. The van der Waals surface area contributed by atoms with Gasteiger partial charge in [-0.3, -0.25) is 9.59 Å². The highest BCUT2D eigenvalue weighted by Crippen LogP contribution is 2.36. The zero-order valence-electron chi connectivity index (χ0n) is 20.8. The van der Waals surface area contributed by atoms with Gasteiger partial charge < -0.3 is 19.1 Å². The Hall–Kier alpha value is -4.33. The van der Waals surface area contributed by atoms with Crippen molar-refractivity contribution in [2.75, 3.05) is 34.9 Å². The number of ether oxygens (including phenoxy) is 3. The van der Waals surface area contributed by atoms with Crippen LogP contribution in [0.3, 0.4) is 0 Å². The topological polar surface area (TPSA) is 80.7 Å². The van der Waals surface area contributed by atoms with Crippen LogP contribution < -0.4 is 14.2 Å². The molecule has 1 unspecified atom stereocenters. The van der Waals surface area contributed by atoms with E-state index >= 15 is 0 Å². The Morgan fingerprint density at radius 1 is 0.917 bits per heavy atom. The summed E-state index contributed by atoms with van der Waals surface area (Å²) in [6, 6.07) is 21.7. The van der Waals surface area contributed by atoms with E-state index in [-0.39, 0.29) is 24.4 Å². The molecule has 0 saturated carbocycles. The summed E-state index contributed by atoms with van der Waals surface area (Å²) < 4.78 is 16.0. The number of benzene rings is 3. The fourth-order valence-electron chi connectivity index (χ4n) is 4.18. The summed E-state index contributed by atoms with van der Waals surface area (Å²) in [6.45, 7) is -0.120. The predicted molar refractivity (Wildman–Crippen MR) is 137 cm³/mol. The smallest absolute Gasteiger partial charge is 0.262 e. The molecular formula is C28H29N3O5. The largest absolute Gasteiger partial charge is 0.497 e. The molecule has 0 bridgehead atoms. The van der Waals surface area contributed by atoms with Gasteiger partial charge in [0, 0.05) is 30.7 Å². The number of rotatable bonds is 8. The number of hydrazone groups is 1. The molecule has 0 spiro atoms. The van der Waals surface area contributed by atoms with Gasteiger partial charge in [0.25, 0.3) is 11.8 Å². The fraction of sp³-hybridized carbons (Fsp3) is 0.250. The maximum atomic E-state index is 13.5. The SMILES string of the molecule is COc1ccc(C(=O)N(C)CC(=O)N2N=C(c3ccc(OC)cc3OC)CC2c2ccccc2)cc1. The van der Waals surface area contributed by atoms with E-state index in [2.05, 4.69) is 0 Å². The molecule has 1 atom stereocenters. The van der Waals surface area contributed by atoms with Crippen LogP contribution in [0.15, 0.2) is 77.9 Å². The highest BCUT2D eigenvalue weighted by Gasteiger charge is 2.34. The van der Waals surface area contributed by atoms with Crippen LogP contribution in [0.25, 0.3) is 0 Å². The molecule has 1 aliphatic heterocycles. The number of hydrogen-bond acceptors (Lipinski definition) is 6. The maximum Gasteiger partial charge on any atom is 0.262 e. The molecule has 0 fully saturated rings. The second-order valence-corrected chi connectivity index (χ2v) is 8.37. The van der Waals surface area contributed by atoms with Crippen LogP contribution in [0.4, 0.5) is 0 Å². The Morgan fingerprint density at radius 2 is 1.58 bits per heavy atom. The lowest BCUT2D eigenvalue weighted by atomic mass is 9.98. The highest BCUT2D eigenvalue weighted by molar-refractivity contribution is 6.05. The zero-order valence-corrected chi connectivity index (χ0v) is 20.8. The number of amides is 2. The lowest BCUT2D eigenvalue weighted by Gasteiger charge is -2.25. The van der Waals surface area contributed by atoms with E-state index in [1.807, 2.05) is 42.5 Å². The van der Waals surface area contributed by atoms with Gasteiger partial charge in [-0.05, 0) is 42.0 Å². The molecular weight excluding hydrogens is 458 g/mol. The van der Waals surface area contributed by atoms with Crippen molar-refractivity contribution < 1.29 is 23.8 Å². The first-order valence-corrected chi connectivity index (χ1v) is 11.5. The number of carbonyl (C=O) groups is 2. The van der Waals surface area contributed by atoms with Gasteiger partial charge >= 0.3 is 0 Å². The van der Waals surface area contributed by atoms with Crippen molar-refractivity contribution in [2.45, 2.75) is 12.5 Å². The van der Waals surface area contributed by atoms with Crippen LogP contribution in [0.5, 0.6) is 17.2 Å². The van der Waals surface area contributed by atoms with E-state index in [1.54, 1.807) is 58.7 Å². The summed E-state index contributed by atoms with van der Waals surface area (Å²) in [5, 5.41) is 6.19. The molecule has 2 amide bonds. The van der Waals surface area contributed by atoms with Gasteiger partial charge in [-0.25, -0.2) is 5.01 Å². The first-order chi connectivity index (χ1) is 17.4. The van der Waals surface area contributed by atoms with Crippen LogP contribution in [-0.4, -0.2) is 62.4 Å². The third-order valence-corrected chi connectivity index (χ3v) is 6.13. The van der Waals surface area contributed by atoms with Crippen LogP contribution in [0.2, 0.25) is 0 Å². The summed E-state index contributed by atoms with van der Waals surface area (Å²) in [6.07, 6.45) is 0.509. The standard InChI is InChI=1S/C28H29N3O5/c1-30(28(33)20-10-12-21(34-2)13-11-20)18-27(32)31-25(19-8-6-5-7-9-19)17-24(29-31)23-15-14-22(35-3)16-26(23)36-4/h5-16,25H,17-18H2,1-4H3. The number of nitrogens with zero attached hydrogens (tertiary/aromatic N) is 3. The molecule has 3 aromatic rings. The molecule has 8 nitrogen and oxygen atoms in total. The van der Waals surface area contributed by atoms with Crippen LogP contribution in [0.1, 0.15) is 33.9 Å². The van der Waals surface area contributed by atoms with E-state index in [1.165, 1.54) is 9.91 Å². The predicted octanol–water partition coefficient (Wildman–Crippen LogP) is 4.16. The van der Waals surface area contributed by atoms with Gasteiger partial charge in [-0.15, -0.1) is 0 Å². The zero-order chi connectivity index (χ0) is 25.7. The van der Waals surface area contributed by atoms with Gasteiger partial charge in [-0.1, -0.05) is 30.3 Å². The average Bonchev–Trinajstić information content (AvgIpc) is 3.38. The molecule has 0 aliphatic carbocycles. The summed E-state index contributed by atoms with van der Waals surface area (Å²) >= 11 is 0. The Labute approximate surface area is 210 Å². The number of carbonyl (C=O) groups excluding carboxylic acids is 2. The Kier molecular flexibility index (Phi) is 7.53. The Balaban J connectivity index is 1.60. The normalized spacial score (nSPS) is 14.7. The first kappa shape index (κ1) is 24.8. The van der Waals surface area contributed by atoms with Crippen LogP contribution in [0, 0.1) is 0 Å². The minimum atomic E-state index is -0.301. The summed E-state index contributed by atoms with van der Waals surface area (Å²) in [5.41, 5.74) is 2.94. The lowest BCUT2D eigenvalue weighted by Crippen LogP contribution is -2.39. The molecule has 8 heteroatoms.